The molecule has 2 N–H and O–H groups in total. The second kappa shape index (κ2) is 10.9. The van der Waals surface area contributed by atoms with E-state index >= 15 is 0 Å². The minimum atomic E-state index is -3.50. The maximum Gasteiger partial charge on any atom is 0.242 e. The highest BCUT2D eigenvalue weighted by Crippen LogP contribution is 2.22. The molecule has 0 fully saturated rings. The smallest absolute Gasteiger partial charge is 0.242 e. The summed E-state index contributed by atoms with van der Waals surface area (Å²) >= 11 is 0. The molecule has 6 nitrogen and oxygen atoms in total. The van der Waals surface area contributed by atoms with Crippen LogP contribution in [0, 0.1) is 0 Å². The molecule has 0 saturated heterocycles. The van der Waals surface area contributed by atoms with Gasteiger partial charge in [0.15, 0.2) is 5.96 Å². The summed E-state index contributed by atoms with van der Waals surface area (Å²) in [4.78, 5) is 4.56. The second-order valence-electron chi connectivity index (χ2n) is 7.42. The van der Waals surface area contributed by atoms with Gasteiger partial charge >= 0.3 is 0 Å². The van der Waals surface area contributed by atoms with Crippen molar-refractivity contribution in [2.75, 3.05) is 27.7 Å². The van der Waals surface area contributed by atoms with Crippen molar-refractivity contribution in [3.63, 3.8) is 0 Å². The Kier molecular flexibility index (Phi) is 9.57. The molecule has 160 valence electrons. The Balaban J connectivity index is 0.00000420. The summed E-state index contributed by atoms with van der Waals surface area (Å²) in [5, 5.41) is 6.56. The van der Waals surface area contributed by atoms with Crippen LogP contribution in [0.25, 0.3) is 0 Å². The normalized spacial score (nSPS) is 12.4. The van der Waals surface area contributed by atoms with Gasteiger partial charge in [0.25, 0.3) is 0 Å². The standard InChI is InChI=1S/C21H30N4O2S.HI/c1-21(2,18-12-7-6-8-13-18)16-24-20(22-3)23-15-17-11-9-10-14-19(17)28(26,27)25(4)5;/h6-14H,15-16H2,1-5H3,(H2,22,23,24);1H. The van der Waals surface area contributed by atoms with Crippen LogP contribution in [0.2, 0.25) is 0 Å². The van der Waals surface area contributed by atoms with E-state index in [1.165, 1.54) is 24.0 Å². The van der Waals surface area contributed by atoms with Crippen molar-refractivity contribution in [1.82, 2.24) is 14.9 Å². The molecule has 2 aromatic carbocycles. The van der Waals surface area contributed by atoms with Crippen LogP contribution in [-0.4, -0.2) is 46.4 Å². The van der Waals surface area contributed by atoms with Crippen molar-refractivity contribution in [1.29, 1.82) is 0 Å². The highest BCUT2D eigenvalue weighted by molar-refractivity contribution is 14.0. The largest absolute Gasteiger partial charge is 0.356 e. The van der Waals surface area contributed by atoms with Gasteiger partial charge in [0.1, 0.15) is 0 Å². The zero-order chi connectivity index (χ0) is 20.8. The fourth-order valence-corrected chi connectivity index (χ4v) is 3.91. The number of sulfonamides is 1. The molecule has 0 aromatic heterocycles. The van der Waals surface area contributed by atoms with E-state index in [0.717, 1.165) is 0 Å². The van der Waals surface area contributed by atoms with Gasteiger partial charge in [-0.2, -0.15) is 0 Å². The molecule has 0 spiro atoms. The van der Waals surface area contributed by atoms with E-state index in [0.29, 0.717) is 29.5 Å². The summed E-state index contributed by atoms with van der Waals surface area (Å²) < 4.78 is 26.3. The molecule has 29 heavy (non-hydrogen) atoms. The first-order valence-electron chi connectivity index (χ1n) is 9.19. The van der Waals surface area contributed by atoms with Gasteiger partial charge in [-0.25, -0.2) is 12.7 Å². The van der Waals surface area contributed by atoms with Crippen molar-refractivity contribution in [3.05, 3.63) is 65.7 Å². The number of hydrogen-bond donors (Lipinski definition) is 2. The molecule has 0 atom stereocenters. The molecule has 2 aromatic rings. The van der Waals surface area contributed by atoms with Crippen LogP contribution < -0.4 is 10.6 Å². The molecule has 0 aliphatic rings. The third-order valence-electron chi connectivity index (χ3n) is 4.65. The summed E-state index contributed by atoms with van der Waals surface area (Å²) in [7, 11) is 1.27. The van der Waals surface area contributed by atoms with Gasteiger partial charge in [0.2, 0.25) is 10.0 Å². The fourth-order valence-electron chi connectivity index (χ4n) is 2.79. The van der Waals surface area contributed by atoms with E-state index in [1.807, 2.05) is 30.3 Å². The molecule has 0 unspecified atom stereocenters. The van der Waals surface area contributed by atoms with Crippen LogP contribution in [0.15, 0.2) is 64.5 Å². The van der Waals surface area contributed by atoms with Crippen molar-refractivity contribution < 1.29 is 8.42 Å². The number of aliphatic imine (C=N–C) groups is 1. The van der Waals surface area contributed by atoms with Crippen LogP contribution in [0.3, 0.4) is 0 Å². The quantitative estimate of drug-likeness (QED) is 0.328. The molecular formula is C21H31IN4O2S. The highest BCUT2D eigenvalue weighted by atomic mass is 127. The van der Waals surface area contributed by atoms with E-state index in [-0.39, 0.29) is 29.4 Å². The number of rotatable bonds is 7. The Morgan fingerprint density at radius 1 is 1.00 bits per heavy atom. The number of nitrogens with one attached hydrogen (secondary N) is 2. The van der Waals surface area contributed by atoms with E-state index in [2.05, 4.69) is 41.6 Å². The Labute approximate surface area is 191 Å². The lowest BCUT2D eigenvalue weighted by molar-refractivity contribution is 0.508. The van der Waals surface area contributed by atoms with Crippen LogP contribution in [0.5, 0.6) is 0 Å². The summed E-state index contributed by atoms with van der Waals surface area (Å²) in [5.74, 6) is 0.626. The van der Waals surface area contributed by atoms with Gasteiger partial charge < -0.3 is 10.6 Å². The van der Waals surface area contributed by atoms with Crippen molar-refractivity contribution >= 4 is 40.0 Å². The number of benzene rings is 2. The minimum absolute atomic E-state index is 0. The maximum absolute atomic E-state index is 12.5. The number of guanidine groups is 1. The number of hydrogen-bond acceptors (Lipinski definition) is 3. The summed E-state index contributed by atoms with van der Waals surface area (Å²) in [6.07, 6.45) is 0. The predicted octanol–water partition coefficient (Wildman–Crippen LogP) is 3.20. The molecule has 0 amide bonds. The Bertz CT molecular complexity index is 913. The monoisotopic (exact) mass is 530 g/mol. The highest BCUT2D eigenvalue weighted by Gasteiger charge is 2.22. The first kappa shape index (κ1) is 25.4. The van der Waals surface area contributed by atoms with Gasteiger partial charge in [-0.1, -0.05) is 62.4 Å². The third-order valence-corrected chi connectivity index (χ3v) is 6.57. The summed E-state index contributed by atoms with van der Waals surface area (Å²) in [5.41, 5.74) is 1.85. The molecule has 0 heterocycles. The molecule has 2 rings (SSSR count). The molecule has 0 bridgehead atoms. The summed E-state index contributed by atoms with van der Waals surface area (Å²) in [6.45, 7) is 5.38. The molecule has 0 aliphatic heterocycles. The average molecular weight is 530 g/mol. The Morgan fingerprint density at radius 3 is 2.17 bits per heavy atom. The molecule has 0 aliphatic carbocycles. The van der Waals surface area contributed by atoms with Crippen molar-refractivity contribution in [3.8, 4) is 0 Å². The van der Waals surface area contributed by atoms with Gasteiger partial charge in [-0.3, -0.25) is 4.99 Å². The first-order valence-corrected chi connectivity index (χ1v) is 10.6. The van der Waals surface area contributed by atoms with Crippen LogP contribution in [0.1, 0.15) is 25.0 Å². The predicted molar refractivity (Wildman–Crippen MR) is 130 cm³/mol. The first-order chi connectivity index (χ1) is 13.2. The fraction of sp³-hybridized carbons (Fsp3) is 0.381. The van der Waals surface area contributed by atoms with Crippen LogP contribution in [-0.2, 0) is 22.0 Å². The molecular weight excluding hydrogens is 499 g/mol. The lowest BCUT2D eigenvalue weighted by atomic mass is 9.85. The van der Waals surface area contributed by atoms with Gasteiger partial charge in [-0.05, 0) is 17.2 Å². The maximum atomic E-state index is 12.5. The molecule has 0 radical (unpaired) electrons. The average Bonchev–Trinajstić information content (AvgIpc) is 2.69. The van der Waals surface area contributed by atoms with Crippen molar-refractivity contribution in [2.45, 2.75) is 30.7 Å². The van der Waals surface area contributed by atoms with Crippen molar-refractivity contribution in [2.24, 2.45) is 4.99 Å². The van der Waals surface area contributed by atoms with Crippen LogP contribution >= 0.6 is 24.0 Å². The molecule has 8 heteroatoms. The van der Waals surface area contributed by atoms with Gasteiger partial charge in [0.05, 0.1) is 4.90 Å². The van der Waals surface area contributed by atoms with E-state index < -0.39 is 10.0 Å². The third kappa shape index (κ3) is 6.68. The lowest BCUT2D eigenvalue weighted by Crippen LogP contribution is -2.43. The second-order valence-corrected chi connectivity index (χ2v) is 9.54. The van der Waals surface area contributed by atoms with Crippen LogP contribution in [0.4, 0.5) is 0 Å². The van der Waals surface area contributed by atoms with Gasteiger partial charge in [-0.15, -0.1) is 24.0 Å². The SMILES string of the molecule is CN=C(NCc1ccccc1S(=O)(=O)N(C)C)NCC(C)(C)c1ccccc1.I. The minimum Gasteiger partial charge on any atom is -0.356 e. The number of halogens is 1. The van der Waals surface area contributed by atoms with Gasteiger partial charge in [0, 0.05) is 39.6 Å². The van der Waals surface area contributed by atoms with E-state index in [1.54, 1.807) is 19.2 Å². The zero-order valence-electron chi connectivity index (χ0n) is 17.6. The molecule has 0 saturated carbocycles. The van der Waals surface area contributed by atoms with E-state index in [9.17, 15) is 8.42 Å². The Hall–Kier alpha value is -1.65. The summed E-state index contributed by atoms with van der Waals surface area (Å²) in [6, 6.07) is 17.3. The Morgan fingerprint density at radius 2 is 1.59 bits per heavy atom. The topological polar surface area (TPSA) is 73.8 Å². The zero-order valence-corrected chi connectivity index (χ0v) is 20.8. The lowest BCUT2D eigenvalue weighted by Gasteiger charge is -2.27. The number of nitrogens with zero attached hydrogens (tertiary/aromatic N) is 2. The van der Waals surface area contributed by atoms with E-state index in [4.69, 9.17) is 0 Å².